The average Bonchev–Trinajstić information content (AvgIpc) is 2.38. The molecule has 2 aromatic rings. The van der Waals surface area contributed by atoms with Gasteiger partial charge in [0.15, 0.2) is 0 Å². The standard InChI is InChI=1S/C14H12FNO2/c15-11-6-7-13(12(8-11)14(16)17)18-9-10-4-2-1-3-5-10/h1-8H,9H2,(H2,16,17). The van der Waals surface area contributed by atoms with Crippen LogP contribution < -0.4 is 10.5 Å². The lowest BCUT2D eigenvalue weighted by Crippen LogP contribution is -2.13. The molecule has 0 saturated carbocycles. The third-order valence-corrected chi connectivity index (χ3v) is 2.44. The molecule has 0 spiro atoms. The number of benzene rings is 2. The van der Waals surface area contributed by atoms with Gasteiger partial charge in [-0.2, -0.15) is 0 Å². The third-order valence-electron chi connectivity index (χ3n) is 2.44. The average molecular weight is 245 g/mol. The van der Waals surface area contributed by atoms with Crippen molar-refractivity contribution in [2.24, 2.45) is 5.73 Å². The Morgan fingerprint density at radius 3 is 2.56 bits per heavy atom. The van der Waals surface area contributed by atoms with Crippen LogP contribution in [-0.4, -0.2) is 5.91 Å². The van der Waals surface area contributed by atoms with Crippen LogP contribution in [0.1, 0.15) is 15.9 Å². The molecule has 0 aromatic heterocycles. The fourth-order valence-electron chi connectivity index (χ4n) is 1.56. The van der Waals surface area contributed by atoms with Gasteiger partial charge < -0.3 is 10.5 Å². The van der Waals surface area contributed by atoms with Crippen molar-refractivity contribution in [2.75, 3.05) is 0 Å². The van der Waals surface area contributed by atoms with Gasteiger partial charge in [-0.15, -0.1) is 0 Å². The molecule has 0 saturated heterocycles. The quantitative estimate of drug-likeness (QED) is 0.899. The lowest BCUT2D eigenvalue weighted by molar-refractivity contribution is 0.0995. The van der Waals surface area contributed by atoms with Gasteiger partial charge in [-0.1, -0.05) is 30.3 Å². The topological polar surface area (TPSA) is 52.3 Å². The summed E-state index contributed by atoms with van der Waals surface area (Å²) in [7, 11) is 0. The molecule has 0 radical (unpaired) electrons. The number of ether oxygens (including phenoxy) is 1. The molecule has 2 rings (SSSR count). The molecule has 0 atom stereocenters. The first-order valence-electron chi connectivity index (χ1n) is 5.43. The van der Waals surface area contributed by atoms with Gasteiger partial charge in [0, 0.05) is 0 Å². The molecular formula is C14H12FNO2. The summed E-state index contributed by atoms with van der Waals surface area (Å²) in [5.74, 6) is -0.943. The van der Waals surface area contributed by atoms with Crippen molar-refractivity contribution >= 4 is 5.91 Å². The van der Waals surface area contributed by atoms with Gasteiger partial charge in [0.05, 0.1) is 5.56 Å². The zero-order valence-electron chi connectivity index (χ0n) is 9.60. The smallest absolute Gasteiger partial charge is 0.252 e. The maximum atomic E-state index is 13.0. The largest absolute Gasteiger partial charge is 0.488 e. The summed E-state index contributed by atoms with van der Waals surface area (Å²) in [6.07, 6.45) is 0. The van der Waals surface area contributed by atoms with E-state index in [0.29, 0.717) is 6.61 Å². The first-order chi connectivity index (χ1) is 8.66. The Morgan fingerprint density at radius 1 is 1.17 bits per heavy atom. The first kappa shape index (κ1) is 12.1. The zero-order valence-corrected chi connectivity index (χ0v) is 9.60. The second kappa shape index (κ2) is 5.31. The summed E-state index contributed by atoms with van der Waals surface area (Å²) < 4.78 is 18.5. The van der Waals surface area contributed by atoms with Crippen LogP contribution in [0.15, 0.2) is 48.5 Å². The van der Waals surface area contributed by atoms with Crippen molar-refractivity contribution in [2.45, 2.75) is 6.61 Å². The van der Waals surface area contributed by atoms with Crippen molar-refractivity contribution in [1.29, 1.82) is 0 Å². The highest BCUT2D eigenvalue weighted by Gasteiger charge is 2.10. The van der Waals surface area contributed by atoms with E-state index in [1.54, 1.807) is 0 Å². The maximum Gasteiger partial charge on any atom is 0.252 e. The van der Waals surface area contributed by atoms with Gasteiger partial charge in [-0.05, 0) is 23.8 Å². The molecule has 0 aliphatic rings. The first-order valence-corrected chi connectivity index (χ1v) is 5.43. The molecule has 3 nitrogen and oxygen atoms in total. The highest BCUT2D eigenvalue weighted by atomic mass is 19.1. The SMILES string of the molecule is NC(=O)c1cc(F)ccc1OCc1ccccc1. The molecule has 0 unspecified atom stereocenters. The molecule has 0 bridgehead atoms. The second-order valence-electron chi connectivity index (χ2n) is 3.78. The predicted molar refractivity (Wildman–Crippen MR) is 65.7 cm³/mol. The number of hydrogen-bond acceptors (Lipinski definition) is 2. The van der Waals surface area contributed by atoms with Crippen LogP contribution in [-0.2, 0) is 6.61 Å². The maximum absolute atomic E-state index is 13.0. The number of amides is 1. The van der Waals surface area contributed by atoms with Crippen molar-refractivity contribution < 1.29 is 13.9 Å². The monoisotopic (exact) mass is 245 g/mol. The molecule has 4 heteroatoms. The Bertz CT molecular complexity index is 555. The van der Waals surface area contributed by atoms with Crippen LogP contribution in [0.5, 0.6) is 5.75 Å². The Balaban J connectivity index is 2.17. The van der Waals surface area contributed by atoms with Gasteiger partial charge in [0.25, 0.3) is 5.91 Å². The lowest BCUT2D eigenvalue weighted by atomic mass is 10.2. The van der Waals surface area contributed by atoms with E-state index >= 15 is 0 Å². The fourth-order valence-corrected chi connectivity index (χ4v) is 1.56. The molecule has 0 fully saturated rings. The van der Waals surface area contributed by atoms with Gasteiger partial charge in [0.2, 0.25) is 0 Å². The van der Waals surface area contributed by atoms with E-state index in [0.717, 1.165) is 11.6 Å². The van der Waals surface area contributed by atoms with Gasteiger partial charge in [0.1, 0.15) is 18.2 Å². The minimum absolute atomic E-state index is 0.0472. The van der Waals surface area contributed by atoms with Crippen molar-refractivity contribution in [3.05, 3.63) is 65.5 Å². The minimum atomic E-state index is -0.711. The number of carbonyl (C=O) groups excluding carboxylic acids is 1. The highest BCUT2D eigenvalue weighted by Crippen LogP contribution is 2.20. The molecule has 0 aliphatic heterocycles. The van der Waals surface area contributed by atoms with E-state index in [1.165, 1.54) is 12.1 Å². The molecule has 0 heterocycles. The number of carbonyl (C=O) groups is 1. The van der Waals surface area contributed by atoms with Crippen LogP contribution in [0.25, 0.3) is 0 Å². The Hall–Kier alpha value is -2.36. The Kier molecular flexibility index (Phi) is 3.57. The predicted octanol–water partition coefficient (Wildman–Crippen LogP) is 2.50. The Labute approximate surface area is 104 Å². The second-order valence-corrected chi connectivity index (χ2v) is 3.78. The molecule has 2 aromatic carbocycles. The molecular weight excluding hydrogens is 233 g/mol. The molecule has 1 amide bonds. The number of halogens is 1. The van der Waals surface area contributed by atoms with Crippen LogP contribution in [0.3, 0.4) is 0 Å². The summed E-state index contributed by atoms with van der Waals surface area (Å²) in [6, 6.07) is 13.2. The van der Waals surface area contributed by atoms with E-state index in [4.69, 9.17) is 10.5 Å². The number of hydrogen-bond donors (Lipinski definition) is 1. The van der Waals surface area contributed by atoms with Crippen molar-refractivity contribution in [3.63, 3.8) is 0 Å². The Morgan fingerprint density at radius 2 is 1.89 bits per heavy atom. The summed E-state index contributed by atoms with van der Waals surface area (Å²) in [4.78, 5) is 11.2. The van der Waals surface area contributed by atoms with E-state index in [2.05, 4.69) is 0 Å². The fraction of sp³-hybridized carbons (Fsp3) is 0.0714. The summed E-state index contributed by atoms with van der Waals surface area (Å²) in [5.41, 5.74) is 6.17. The van der Waals surface area contributed by atoms with E-state index < -0.39 is 11.7 Å². The van der Waals surface area contributed by atoms with Crippen LogP contribution in [0.4, 0.5) is 4.39 Å². The third kappa shape index (κ3) is 2.85. The highest BCUT2D eigenvalue weighted by molar-refractivity contribution is 5.95. The lowest BCUT2D eigenvalue weighted by Gasteiger charge is -2.09. The molecule has 92 valence electrons. The van der Waals surface area contributed by atoms with E-state index in [-0.39, 0.29) is 11.3 Å². The van der Waals surface area contributed by atoms with E-state index in [1.807, 2.05) is 30.3 Å². The number of primary amides is 1. The molecule has 0 aliphatic carbocycles. The number of nitrogens with two attached hydrogens (primary N) is 1. The van der Waals surface area contributed by atoms with Crippen LogP contribution >= 0.6 is 0 Å². The normalized spacial score (nSPS) is 10.1. The van der Waals surface area contributed by atoms with Crippen LogP contribution in [0.2, 0.25) is 0 Å². The van der Waals surface area contributed by atoms with Gasteiger partial charge in [-0.25, -0.2) is 4.39 Å². The van der Waals surface area contributed by atoms with E-state index in [9.17, 15) is 9.18 Å². The zero-order chi connectivity index (χ0) is 13.0. The summed E-state index contributed by atoms with van der Waals surface area (Å²) in [5, 5.41) is 0. The summed E-state index contributed by atoms with van der Waals surface area (Å²) >= 11 is 0. The van der Waals surface area contributed by atoms with Crippen molar-refractivity contribution in [1.82, 2.24) is 0 Å². The van der Waals surface area contributed by atoms with Crippen molar-refractivity contribution in [3.8, 4) is 5.75 Å². The molecule has 18 heavy (non-hydrogen) atoms. The van der Waals surface area contributed by atoms with Gasteiger partial charge >= 0.3 is 0 Å². The van der Waals surface area contributed by atoms with Gasteiger partial charge in [-0.3, -0.25) is 4.79 Å². The number of rotatable bonds is 4. The minimum Gasteiger partial charge on any atom is -0.488 e. The summed E-state index contributed by atoms with van der Waals surface area (Å²) in [6.45, 7) is 0.298. The molecule has 2 N–H and O–H groups in total. The van der Waals surface area contributed by atoms with Crippen LogP contribution in [0, 0.1) is 5.82 Å².